The maximum absolute atomic E-state index is 12.8. The van der Waals surface area contributed by atoms with Gasteiger partial charge in [-0.15, -0.1) is 0 Å². The van der Waals surface area contributed by atoms with Crippen LogP contribution in [0.3, 0.4) is 0 Å². The van der Waals surface area contributed by atoms with Crippen LogP contribution < -0.4 is 4.74 Å². The molecule has 0 saturated heterocycles. The predicted molar refractivity (Wildman–Crippen MR) is 149 cm³/mol. The number of rotatable bonds is 12. The second kappa shape index (κ2) is 14.6. The summed E-state index contributed by atoms with van der Waals surface area (Å²) in [6.07, 6.45) is 0. The van der Waals surface area contributed by atoms with E-state index in [1.54, 1.807) is 45.0 Å². The molecule has 0 fully saturated rings. The van der Waals surface area contributed by atoms with Crippen LogP contribution >= 0.6 is 0 Å². The van der Waals surface area contributed by atoms with Crippen molar-refractivity contribution in [1.29, 1.82) is 0 Å². The standard InChI is InChI=1S/C31H34O10/c1-19(2)26(32)37-12-14-39-28(34)23-16-22(21-8-10-25(11-9-21)41-30(36)31(5,6)7)17-24(18-23)29(35)40-15-13-38-27(33)20(3)4/h8-11,16-18H,1,3,12-15H2,2,4-7H3. The number of benzene rings is 2. The van der Waals surface area contributed by atoms with Crippen LogP contribution in [0.5, 0.6) is 5.75 Å². The minimum absolute atomic E-state index is 0.0395. The fourth-order valence-corrected chi connectivity index (χ4v) is 2.96. The SMILES string of the molecule is C=C(C)C(=O)OCCOC(=O)c1cc(C(=O)OCCOC(=O)C(=C)C)cc(-c2ccc(OC(=O)C(C)(C)C)cc2)c1. The number of hydrogen-bond donors (Lipinski definition) is 0. The molecule has 0 aliphatic rings. The largest absolute Gasteiger partial charge is 0.459 e. The first-order valence-corrected chi connectivity index (χ1v) is 12.7. The Hall–Kier alpha value is -4.73. The third kappa shape index (κ3) is 10.4. The first-order valence-electron chi connectivity index (χ1n) is 12.7. The molecule has 41 heavy (non-hydrogen) atoms. The molecule has 0 saturated carbocycles. The molecular weight excluding hydrogens is 532 g/mol. The van der Waals surface area contributed by atoms with Gasteiger partial charge in [-0.3, -0.25) is 4.79 Å². The van der Waals surface area contributed by atoms with Gasteiger partial charge in [-0.1, -0.05) is 25.3 Å². The molecule has 2 aromatic rings. The average Bonchev–Trinajstić information content (AvgIpc) is 2.92. The zero-order chi connectivity index (χ0) is 30.7. The van der Waals surface area contributed by atoms with Gasteiger partial charge in [0.1, 0.15) is 32.2 Å². The molecule has 10 heteroatoms. The summed E-state index contributed by atoms with van der Waals surface area (Å²) in [5, 5.41) is 0. The molecule has 0 radical (unpaired) electrons. The predicted octanol–water partition coefficient (Wildman–Crippen LogP) is 4.86. The number of ether oxygens (including phenoxy) is 5. The van der Waals surface area contributed by atoms with E-state index in [0.29, 0.717) is 16.9 Å². The molecule has 0 bridgehead atoms. The Bertz CT molecular complexity index is 1270. The molecule has 0 aromatic heterocycles. The summed E-state index contributed by atoms with van der Waals surface area (Å²) in [5.74, 6) is -2.82. The van der Waals surface area contributed by atoms with E-state index >= 15 is 0 Å². The second-order valence-electron chi connectivity index (χ2n) is 10.1. The molecular formula is C31H34O10. The summed E-state index contributed by atoms with van der Waals surface area (Å²) in [6, 6.07) is 10.8. The van der Waals surface area contributed by atoms with Crippen molar-refractivity contribution in [2.45, 2.75) is 34.6 Å². The summed E-state index contributed by atoms with van der Waals surface area (Å²) in [5.41, 5.74) is 0.892. The van der Waals surface area contributed by atoms with Crippen LogP contribution in [0.4, 0.5) is 0 Å². The zero-order valence-electron chi connectivity index (χ0n) is 23.9. The number of carbonyl (C=O) groups is 5. The van der Waals surface area contributed by atoms with E-state index < -0.39 is 35.3 Å². The molecule has 2 rings (SSSR count). The lowest BCUT2D eigenvalue weighted by atomic mass is 9.97. The molecule has 0 spiro atoms. The van der Waals surface area contributed by atoms with Crippen LogP contribution in [-0.4, -0.2) is 56.3 Å². The highest BCUT2D eigenvalue weighted by molar-refractivity contribution is 5.97. The van der Waals surface area contributed by atoms with Crippen LogP contribution in [0.2, 0.25) is 0 Å². The maximum Gasteiger partial charge on any atom is 0.338 e. The van der Waals surface area contributed by atoms with E-state index in [9.17, 15) is 24.0 Å². The topological polar surface area (TPSA) is 132 Å². The summed E-state index contributed by atoms with van der Waals surface area (Å²) in [4.78, 5) is 60.8. The highest BCUT2D eigenvalue weighted by Crippen LogP contribution is 2.27. The van der Waals surface area contributed by atoms with Crippen molar-refractivity contribution in [3.63, 3.8) is 0 Å². The Morgan fingerprint density at radius 2 is 1.05 bits per heavy atom. The lowest BCUT2D eigenvalue weighted by molar-refractivity contribution is -0.143. The lowest BCUT2D eigenvalue weighted by Crippen LogP contribution is -2.25. The van der Waals surface area contributed by atoms with E-state index in [4.69, 9.17) is 23.7 Å². The van der Waals surface area contributed by atoms with Crippen LogP contribution in [0.15, 0.2) is 66.8 Å². The summed E-state index contributed by atoms with van der Waals surface area (Å²) in [7, 11) is 0. The van der Waals surface area contributed by atoms with Gasteiger partial charge in [0.25, 0.3) is 0 Å². The zero-order valence-corrected chi connectivity index (χ0v) is 23.9. The summed E-state index contributed by atoms with van der Waals surface area (Å²) < 4.78 is 25.7. The maximum atomic E-state index is 12.8. The van der Waals surface area contributed by atoms with Crippen molar-refractivity contribution in [3.8, 4) is 16.9 Å². The smallest absolute Gasteiger partial charge is 0.338 e. The van der Waals surface area contributed by atoms with Crippen molar-refractivity contribution in [2.75, 3.05) is 26.4 Å². The Kier molecular flexibility index (Phi) is 11.6. The minimum atomic E-state index is -0.765. The van der Waals surface area contributed by atoms with Crippen LogP contribution in [0, 0.1) is 5.41 Å². The van der Waals surface area contributed by atoms with Crippen LogP contribution in [0.1, 0.15) is 55.3 Å². The van der Waals surface area contributed by atoms with Crippen LogP contribution in [0.25, 0.3) is 11.1 Å². The van der Waals surface area contributed by atoms with Crippen molar-refractivity contribution in [2.24, 2.45) is 5.41 Å². The Labute approximate surface area is 238 Å². The Morgan fingerprint density at radius 1 is 0.634 bits per heavy atom. The van der Waals surface area contributed by atoms with Gasteiger partial charge in [-0.25, -0.2) is 19.2 Å². The molecule has 0 heterocycles. The van der Waals surface area contributed by atoms with E-state index in [-0.39, 0.29) is 48.7 Å². The molecule has 0 aliphatic carbocycles. The fraction of sp³-hybridized carbons (Fsp3) is 0.323. The quantitative estimate of drug-likeness (QED) is 0.115. The lowest BCUT2D eigenvalue weighted by Gasteiger charge is -2.16. The van der Waals surface area contributed by atoms with Gasteiger partial charge >= 0.3 is 29.8 Å². The summed E-state index contributed by atoms with van der Waals surface area (Å²) in [6.45, 7) is 14.4. The van der Waals surface area contributed by atoms with Gasteiger partial charge in [-0.2, -0.15) is 0 Å². The van der Waals surface area contributed by atoms with Crippen LogP contribution in [-0.2, 0) is 33.3 Å². The highest BCUT2D eigenvalue weighted by atomic mass is 16.6. The van der Waals surface area contributed by atoms with Gasteiger partial charge < -0.3 is 23.7 Å². The van der Waals surface area contributed by atoms with E-state index in [1.807, 2.05) is 0 Å². The highest BCUT2D eigenvalue weighted by Gasteiger charge is 2.24. The fourth-order valence-electron chi connectivity index (χ4n) is 2.96. The van der Waals surface area contributed by atoms with Gasteiger partial charge in [0.15, 0.2) is 0 Å². The molecule has 0 aliphatic heterocycles. The van der Waals surface area contributed by atoms with Crippen molar-refractivity contribution in [3.05, 3.63) is 77.9 Å². The Balaban J connectivity index is 2.25. The monoisotopic (exact) mass is 566 g/mol. The van der Waals surface area contributed by atoms with E-state index in [1.165, 1.54) is 32.0 Å². The first-order chi connectivity index (χ1) is 19.2. The molecule has 10 nitrogen and oxygen atoms in total. The molecule has 0 atom stereocenters. The third-order valence-corrected chi connectivity index (χ3v) is 5.21. The van der Waals surface area contributed by atoms with Crippen molar-refractivity contribution >= 4 is 29.8 Å². The van der Waals surface area contributed by atoms with Gasteiger partial charge in [0, 0.05) is 11.1 Å². The molecule has 0 amide bonds. The second-order valence-corrected chi connectivity index (χ2v) is 10.1. The average molecular weight is 567 g/mol. The molecule has 218 valence electrons. The van der Waals surface area contributed by atoms with Crippen molar-refractivity contribution < 1.29 is 47.7 Å². The normalized spacial score (nSPS) is 10.7. The third-order valence-electron chi connectivity index (χ3n) is 5.21. The van der Waals surface area contributed by atoms with Gasteiger partial charge in [-0.05, 0) is 76.1 Å². The van der Waals surface area contributed by atoms with Gasteiger partial charge in [0.2, 0.25) is 0 Å². The van der Waals surface area contributed by atoms with E-state index in [2.05, 4.69) is 13.2 Å². The van der Waals surface area contributed by atoms with E-state index in [0.717, 1.165) is 0 Å². The Morgan fingerprint density at radius 3 is 1.44 bits per heavy atom. The summed E-state index contributed by atoms with van der Waals surface area (Å²) >= 11 is 0. The van der Waals surface area contributed by atoms with Crippen molar-refractivity contribution in [1.82, 2.24) is 0 Å². The minimum Gasteiger partial charge on any atom is -0.459 e. The first kappa shape index (κ1) is 32.5. The molecule has 0 unspecified atom stereocenters. The number of hydrogen-bond acceptors (Lipinski definition) is 10. The number of carbonyl (C=O) groups excluding carboxylic acids is 5. The molecule has 0 N–H and O–H groups in total. The van der Waals surface area contributed by atoms with Gasteiger partial charge in [0.05, 0.1) is 16.5 Å². The number of esters is 5. The molecule has 2 aromatic carbocycles.